The van der Waals surface area contributed by atoms with Gasteiger partial charge >= 0.3 is 6.18 Å². The normalized spacial score (nSPS) is 11.4. The summed E-state index contributed by atoms with van der Waals surface area (Å²) in [5.74, 6) is -0.828. The van der Waals surface area contributed by atoms with Crippen molar-refractivity contribution in [1.29, 1.82) is 0 Å². The fourth-order valence-electron chi connectivity index (χ4n) is 4.35. The van der Waals surface area contributed by atoms with Gasteiger partial charge in [-0.2, -0.15) is 13.2 Å². The van der Waals surface area contributed by atoms with Crippen molar-refractivity contribution in [3.8, 4) is 22.6 Å². The van der Waals surface area contributed by atoms with Gasteiger partial charge in [0.1, 0.15) is 0 Å². The van der Waals surface area contributed by atoms with Gasteiger partial charge in [-0.25, -0.2) is 0 Å². The molecule has 1 heterocycles. The maximum atomic E-state index is 13.8. The Kier molecular flexibility index (Phi) is 6.46. The van der Waals surface area contributed by atoms with Crippen molar-refractivity contribution < 1.29 is 28.2 Å². The number of para-hydroxylation sites is 1. The molecule has 0 fully saturated rings. The molecular formula is C30H21F3N2O3. The number of fused-ring (bicyclic) bond motifs is 1. The van der Waals surface area contributed by atoms with Gasteiger partial charge in [-0.1, -0.05) is 60.7 Å². The van der Waals surface area contributed by atoms with E-state index in [1.807, 2.05) is 0 Å². The predicted octanol–water partition coefficient (Wildman–Crippen LogP) is 7.17. The molecule has 0 radical (unpaired) electrons. The average molecular weight is 515 g/mol. The van der Waals surface area contributed by atoms with Crippen molar-refractivity contribution in [2.75, 3.05) is 5.32 Å². The van der Waals surface area contributed by atoms with E-state index in [0.717, 1.165) is 6.07 Å². The molecule has 4 aromatic carbocycles. The lowest BCUT2D eigenvalue weighted by molar-refractivity contribution is -0.136. The molecule has 0 atom stereocenters. The number of aromatic hydroxyl groups is 2. The molecule has 5 rings (SSSR count). The molecule has 0 aliphatic heterocycles. The largest absolute Gasteiger partial charge is 0.504 e. The van der Waals surface area contributed by atoms with Gasteiger partial charge in [0.25, 0.3) is 0 Å². The molecule has 0 amide bonds. The van der Waals surface area contributed by atoms with Crippen molar-refractivity contribution in [2.45, 2.75) is 12.7 Å². The third-order valence-electron chi connectivity index (χ3n) is 6.17. The highest BCUT2D eigenvalue weighted by atomic mass is 19.4. The van der Waals surface area contributed by atoms with Crippen molar-refractivity contribution >= 4 is 22.4 Å². The van der Waals surface area contributed by atoms with Crippen LogP contribution in [0.15, 0.2) is 97.2 Å². The number of nitrogens with one attached hydrogen (secondary N) is 1. The van der Waals surface area contributed by atoms with Gasteiger partial charge in [0.05, 0.1) is 11.1 Å². The first-order chi connectivity index (χ1) is 18.2. The number of alkyl halides is 3. The molecule has 3 N–H and O–H groups in total. The van der Waals surface area contributed by atoms with Crippen LogP contribution in [0.25, 0.3) is 22.0 Å². The van der Waals surface area contributed by atoms with E-state index in [0.29, 0.717) is 34.5 Å². The second-order valence-corrected chi connectivity index (χ2v) is 8.70. The summed E-state index contributed by atoms with van der Waals surface area (Å²) in [6.07, 6.45) is -3.41. The van der Waals surface area contributed by atoms with Gasteiger partial charge in [0.2, 0.25) is 0 Å². The molecule has 8 heteroatoms. The first-order valence-corrected chi connectivity index (χ1v) is 11.7. The Hall–Kier alpha value is -4.85. The van der Waals surface area contributed by atoms with E-state index < -0.39 is 11.7 Å². The average Bonchev–Trinajstić information content (AvgIpc) is 2.92. The Balaban J connectivity index is 1.63. The van der Waals surface area contributed by atoms with Crippen LogP contribution in [0.3, 0.4) is 0 Å². The Labute approximate surface area is 215 Å². The molecule has 1 aromatic heterocycles. The number of rotatable bonds is 6. The number of anilines is 1. The van der Waals surface area contributed by atoms with Crippen molar-refractivity contribution in [3.63, 3.8) is 0 Å². The van der Waals surface area contributed by atoms with E-state index in [2.05, 4.69) is 10.3 Å². The number of ketones is 1. The highest BCUT2D eigenvalue weighted by molar-refractivity contribution is 6.16. The van der Waals surface area contributed by atoms with E-state index in [4.69, 9.17) is 0 Å². The van der Waals surface area contributed by atoms with Crippen LogP contribution < -0.4 is 5.32 Å². The maximum Gasteiger partial charge on any atom is 0.418 e. The van der Waals surface area contributed by atoms with Gasteiger partial charge < -0.3 is 15.5 Å². The summed E-state index contributed by atoms with van der Waals surface area (Å²) in [6, 6.07) is 23.8. The molecule has 38 heavy (non-hydrogen) atoms. The topological polar surface area (TPSA) is 82.5 Å². The minimum Gasteiger partial charge on any atom is -0.504 e. The second kappa shape index (κ2) is 9.89. The third kappa shape index (κ3) is 4.88. The Morgan fingerprint density at radius 2 is 1.61 bits per heavy atom. The van der Waals surface area contributed by atoms with Crippen LogP contribution in [-0.4, -0.2) is 21.0 Å². The summed E-state index contributed by atoms with van der Waals surface area (Å²) in [6.45, 7) is 0.308. The van der Waals surface area contributed by atoms with Crippen molar-refractivity contribution in [2.24, 2.45) is 0 Å². The summed E-state index contributed by atoms with van der Waals surface area (Å²) < 4.78 is 41.4. The number of halogens is 3. The van der Waals surface area contributed by atoms with Crippen molar-refractivity contribution in [1.82, 2.24) is 4.98 Å². The van der Waals surface area contributed by atoms with E-state index in [-0.39, 0.29) is 33.7 Å². The number of hydrogen-bond donors (Lipinski definition) is 3. The Morgan fingerprint density at radius 3 is 2.34 bits per heavy atom. The summed E-state index contributed by atoms with van der Waals surface area (Å²) in [7, 11) is 0. The number of pyridine rings is 1. The lowest BCUT2D eigenvalue weighted by atomic mass is 9.91. The lowest BCUT2D eigenvalue weighted by Gasteiger charge is -2.17. The number of nitrogens with zero attached hydrogens (tertiary/aromatic N) is 1. The van der Waals surface area contributed by atoms with Gasteiger partial charge in [0, 0.05) is 40.5 Å². The molecule has 190 valence electrons. The number of phenols is 2. The first-order valence-electron chi connectivity index (χ1n) is 11.7. The van der Waals surface area contributed by atoms with Crippen LogP contribution in [0, 0.1) is 0 Å². The molecule has 0 bridgehead atoms. The van der Waals surface area contributed by atoms with Gasteiger partial charge in [-0.05, 0) is 41.5 Å². The number of benzene rings is 4. The zero-order valence-electron chi connectivity index (χ0n) is 19.8. The number of carbonyl (C=O) groups excluding carboxylic acids is 1. The first kappa shape index (κ1) is 24.8. The molecule has 0 spiro atoms. The highest BCUT2D eigenvalue weighted by Gasteiger charge is 2.34. The van der Waals surface area contributed by atoms with Crippen LogP contribution in [0.5, 0.6) is 11.5 Å². The fraction of sp³-hybridized carbons (Fsp3) is 0.0667. The number of carbonyl (C=O) groups is 1. The summed E-state index contributed by atoms with van der Waals surface area (Å²) >= 11 is 0. The third-order valence-corrected chi connectivity index (χ3v) is 6.17. The smallest absolute Gasteiger partial charge is 0.418 e. The molecule has 0 unspecified atom stereocenters. The Bertz CT molecular complexity index is 1650. The quantitative estimate of drug-likeness (QED) is 0.165. The van der Waals surface area contributed by atoms with Gasteiger partial charge in [-0.15, -0.1) is 0 Å². The fourth-order valence-corrected chi connectivity index (χ4v) is 4.35. The van der Waals surface area contributed by atoms with Crippen LogP contribution in [-0.2, 0) is 12.7 Å². The highest BCUT2D eigenvalue weighted by Crippen LogP contribution is 2.39. The predicted molar refractivity (Wildman–Crippen MR) is 139 cm³/mol. The molecule has 0 aliphatic rings. The standard InChI is InChI=1S/C30H21F3N2O3/c31-30(32,33)24-11-5-10-22-27(23(17-35-28(22)24)29(38)19-6-2-1-3-7-19)20-8-4-9-21(15-20)34-16-18-12-13-25(36)26(37)14-18/h1-15,17,34,36-37H,16H2. The zero-order chi connectivity index (χ0) is 26.9. The lowest BCUT2D eigenvalue weighted by Crippen LogP contribution is -2.09. The molecule has 5 aromatic rings. The zero-order valence-corrected chi connectivity index (χ0v) is 19.8. The number of hydrogen-bond acceptors (Lipinski definition) is 5. The number of phenolic OH excluding ortho intramolecular Hbond substituents is 2. The van der Waals surface area contributed by atoms with Crippen LogP contribution in [0.4, 0.5) is 18.9 Å². The molecular weight excluding hydrogens is 493 g/mol. The van der Waals surface area contributed by atoms with Crippen LogP contribution >= 0.6 is 0 Å². The van der Waals surface area contributed by atoms with E-state index in [1.54, 1.807) is 60.7 Å². The molecule has 0 aliphatic carbocycles. The molecule has 5 nitrogen and oxygen atoms in total. The van der Waals surface area contributed by atoms with Crippen LogP contribution in [0.2, 0.25) is 0 Å². The van der Waals surface area contributed by atoms with E-state index in [1.165, 1.54) is 30.5 Å². The SMILES string of the molecule is O=C(c1ccccc1)c1cnc2c(C(F)(F)F)cccc2c1-c1cccc(NCc2ccc(O)c(O)c2)c1. The summed E-state index contributed by atoms with van der Waals surface area (Å²) in [4.78, 5) is 17.6. The summed E-state index contributed by atoms with van der Waals surface area (Å²) in [5.41, 5.74) is 1.69. The summed E-state index contributed by atoms with van der Waals surface area (Å²) in [5, 5.41) is 22.7. The minimum atomic E-state index is -4.62. The van der Waals surface area contributed by atoms with E-state index in [9.17, 15) is 28.2 Å². The molecule has 0 saturated carbocycles. The minimum absolute atomic E-state index is 0.184. The van der Waals surface area contributed by atoms with Crippen LogP contribution in [0.1, 0.15) is 27.0 Å². The Morgan fingerprint density at radius 1 is 0.842 bits per heavy atom. The van der Waals surface area contributed by atoms with Gasteiger partial charge in [0.15, 0.2) is 17.3 Å². The van der Waals surface area contributed by atoms with Crippen molar-refractivity contribution in [3.05, 3.63) is 119 Å². The number of aromatic nitrogens is 1. The van der Waals surface area contributed by atoms with E-state index >= 15 is 0 Å². The molecule has 0 saturated heterocycles. The maximum absolute atomic E-state index is 13.8. The van der Waals surface area contributed by atoms with Gasteiger partial charge in [-0.3, -0.25) is 9.78 Å². The second-order valence-electron chi connectivity index (χ2n) is 8.70. The monoisotopic (exact) mass is 514 g/mol.